The molecule has 5 nitrogen and oxygen atoms in total. The Labute approximate surface area is 134 Å². The topological polar surface area (TPSA) is 53.6 Å². The fraction of sp³-hybridized carbons (Fsp3) is 0.933. The van der Waals surface area contributed by atoms with Crippen LogP contribution in [-0.4, -0.2) is 62.8 Å². The van der Waals surface area contributed by atoms with Crippen molar-refractivity contribution in [1.29, 1.82) is 0 Å². The Morgan fingerprint density at radius 3 is 2.62 bits per heavy atom. The van der Waals surface area contributed by atoms with Gasteiger partial charge in [0.15, 0.2) is 0 Å². The van der Waals surface area contributed by atoms with Crippen LogP contribution >= 0.6 is 12.4 Å². The molecule has 2 heterocycles. The molecular weight excluding hydrogens is 290 g/mol. The first-order valence-electron chi connectivity index (χ1n) is 8.09. The summed E-state index contributed by atoms with van der Waals surface area (Å²) >= 11 is 0. The Balaban J connectivity index is 0.00000220. The highest BCUT2D eigenvalue weighted by atomic mass is 35.5. The quantitative estimate of drug-likeness (QED) is 0.736. The molecule has 0 bridgehead atoms. The minimum atomic E-state index is 0. The summed E-state index contributed by atoms with van der Waals surface area (Å²) in [5, 5.41) is 6.41. The van der Waals surface area contributed by atoms with Crippen LogP contribution in [-0.2, 0) is 9.53 Å². The van der Waals surface area contributed by atoms with Gasteiger partial charge < -0.3 is 15.4 Å². The Morgan fingerprint density at radius 2 is 2.00 bits per heavy atom. The Morgan fingerprint density at radius 1 is 1.24 bits per heavy atom. The van der Waals surface area contributed by atoms with E-state index in [2.05, 4.69) is 22.5 Å². The molecule has 6 heteroatoms. The highest BCUT2D eigenvalue weighted by molar-refractivity contribution is 5.85. The molecule has 1 amide bonds. The average molecular weight is 320 g/mol. The van der Waals surface area contributed by atoms with Gasteiger partial charge in [0.25, 0.3) is 0 Å². The van der Waals surface area contributed by atoms with E-state index in [9.17, 15) is 4.79 Å². The number of carbonyl (C=O) groups is 1. The van der Waals surface area contributed by atoms with Gasteiger partial charge in [-0.1, -0.05) is 6.92 Å². The molecular formula is C15H30ClN3O2. The number of hydrogen-bond acceptors (Lipinski definition) is 4. The lowest BCUT2D eigenvalue weighted by Gasteiger charge is -2.31. The van der Waals surface area contributed by atoms with Crippen molar-refractivity contribution in [2.75, 3.05) is 45.9 Å². The first-order chi connectivity index (χ1) is 9.78. The number of nitrogens with one attached hydrogen (secondary N) is 2. The summed E-state index contributed by atoms with van der Waals surface area (Å²) in [5.74, 6) is 0.923. The first kappa shape index (κ1) is 18.7. The molecule has 21 heavy (non-hydrogen) atoms. The lowest BCUT2D eigenvalue weighted by molar-refractivity contribution is -0.123. The second-order valence-electron chi connectivity index (χ2n) is 5.97. The number of nitrogens with zero attached hydrogens (tertiary/aromatic N) is 1. The predicted octanol–water partition coefficient (Wildman–Crippen LogP) is 1.02. The van der Waals surface area contributed by atoms with Crippen molar-refractivity contribution in [2.45, 2.75) is 38.7 Å². The highest BCUT2D eigenvalue weighted by Gasteiger charge is 2.21. The van der Waals surface area contributed by atoms with Crippen molar-refractivity contribution >= 4 is 18.3 Å². The van der Waals surface area contributed by atoms with E-state index in [0.717, 1.165) is 51.5 Å². The van der Waals surface area contributed by atoms with Gasteiger partial charge in [-0.2, -0.15) is 0 Å². The Kier molecular flexibility index (Phi) is 9.24. The number of carbonyl (C=O) groups excluding carboxylic acids is 1. The third kappa shape index (κ3) is 6.96. The zero-order valence-electron chi connectivity index (χ0n) is 13.1. The van der Waals surface area contributed by atoms with Crippen LogP contribution in [0.15, 0.2) is 0 Å². The molecule has 124 valence electrons. The van der Waals surface area contributed by atoms with Gasteiger partial charge in [-0.3, -0.25) is 9.69 Å². The van der Waals surface area contributed by atoms with Crippen LogP contribution in [0.1, 0.15) is 32.6 Å². The second-order valence-corrected chi connectivity index (χ2v) is 5.97. The van der Waals surface area contributed by atoms with E-state index >= 15 is 0 Å². The van der Waals surface area contributed by atoms with Crippen molar-refractivity contribution in [3.8, 4) is 0 Å². The number of likely N-dealkylation sites (tertiary alicyclic amines) is 1. The van der Waals surface area contributed by atoms with Crippen LogP contribution in [0.2, 0.25) is 0 Å². The summed E-state index contributed by atoms with van der Waals surface area (Å²) in [5.41, 5.74) is 0. The lowest BCUT2D eigenvalue weighted by Crippen LogP contribution is -2.44. The second kappa shape index (κ2) is 10.4. The largest absolute Gasteiger partial charge is 0.376 e. The van der Waals surface area contributed by atoms with E-state index in [4.69, 9.17) is 4.74 Å². The van der Waals surface area contributed by atoms with Crippen LogP contribution in [0.5, 0.6) is 0 Å². The van der Waals surface area contributed by atoms with Crippen molar-refractivity contribution in [3.05, 3.63) is 0 Å². The Hall–Kier alpha value is -0.360. The van der Waals surface area contributed by atoms with Gasteiger partial charge in [-0.15, -0.1) is 12.4 Å². The third-order valence-electron chi connectivity index (χ3n) is 4.31. The summed E-state index contributed by atoms with van der Waals surface area (Å²) in [4.78, 5) is 14.2. The standard InChI is InChI=1S/C15H29N3O2.ClH/c1-2-16-10-13-5-7-18(8-6-13)12-15(19)17-11-14-4-3-9-20-14;/h13-14,16H,2-12H2,1H3,(H,17,19);1H. The van der Waals surface area contributed by atoms with Crippen molar-refractivity contribution in [1.82, 2.24) is 15.5 Å². The van der Waals surface area contributed by atoms with Gasteiger partial charge in [0.05, 0.1) is 12.6 Å². The molecule has 0 saturated carbocycles. The molecule has 2 rings (SSSR count). The van der Waals surface area contributed by atoms with Gasteiger partial charge in [-0.25, -0.2) is 0 Å². The summed E-state index contributed by atoms with van der Waals surface area (Å²) in [6.07, 6.45) is 4.85. The van der Waals surface area contributed by atoms with Crippen molar-refractivity contribution < 1.29 is 9.53 Å². The van der Waals surface area contributed by atoms with Crippen LogP contribution in [0.25, 0.3) is 0 Å². The molecule has 0 spiro atoms. The summed E-state index contributed by atoms with van der Waals surface area (Å²) in [6.45, 7) is 8.47. The van der Waals surface area contributed by atoms with Crippen LogP contribution in [0.4, 0.5) is 0 Å². The zero-order chi connectivity index (χ0) is 14.2. The first-order valence-corrected chi connectivity index (χ1v) is 8.09. The molecule has 0 aliphatic carbocycles. The minimum Gasteiger partial charge on any atom is -0.376 e. The van der Waals surface area contributed by atoms with E-state index in [1.54, 1.807) is 0 Å². The average Bonchev–Trinajstić information content (AvgIpc) is 2.98. The number of rotatable bonds is 7. The summed E-state index contributed by atoms with van der Waals surface area (Å²) in [7, 11) is 0. The van der Waals surface area contributed by atoms with E-state index < -0.39 is 0 Å². The van der Waals surface area contributed by atoms with Gasteiger partial charge in [0, 0.05) is 13.2 Å². The summed E-state index contributed by atoms with van der Waals surface area (Å²) < 4.78 is 5.51. The van der Waals surface area contributed by atoms with Crippen LogP contribution < -0.4 is 10.6 Å². The predicted molar refractivity (Wildman–Crippen MR) is 86.9 cm³/mol. The normalized spacial score (nSPS) is 23.8. The zero-order valence-corrected chi connectivity index (χ0v) is 13.9. The maximum Gasteiger partial charge on any atom is 0.234 e. The van der Waals surface area contributed by atoms with Gasteiger partial charge in [0.1, 0.15) is 0 Å². The van der Waals surface area contributed by atoms with Gasteiger partial charge in [0.2, 0.25) is 5.91 Å². The fourth-order valence-corrected chi connectivity index (χ4v) is 2.99. The number of hydrogen-bond donors (Lipinski definition) is 2. The molecule has 2 aliphatic heterocycles. The smallest absolute Gasteiger partial charge is 0.234 e. The van der Waals surface area contributed by atoms with E-state index in [-0.39, 0.29) is 24.4 Å². The SMILES string of the molecule is CCNCC1CCN(CC(=O)NCC2CCCO2)CC1.Cl. The van der Waals surface area contributed by atoms with E-state index in [1.165, 1.54) is 12.8 Å². The minimum absolute atomic E-state index is 0. The maximum atomic E-state index is 11.9. The maximum absolute atomic E-state index is 11.9. The third-order valence-corrected chi connectivity index (χ3v) is 4.31. The number of halogens is 1. The van der Waals surface area contributed by atoms with Crippen LogP contribution in [0.3, 0.4) is 0 Å². The van der Waals surface area contributed by atoms with Crippen molar-refractivity contribution in [3.63, 3.8) is 0 Å². The molecule has 2 N–H and O–H groups in total. The fourth-order valence-electron chi connectivity index (χ4n) is 2.99. The molecule has 0 aromatic carbocycles. The molecule has 2 saturated heterocycles. The van der Waals surface area contributed by atoms with Crippen LogP contribution in [0, 0.1) is 5.92 Å². The summed E-state index contributed by atoms with van der Waals surface area (Å²) in [6, 6.07) is 0. The molecule has 1 atom stereocenters. The molecule has 2 fully saturated rings. The molecule has 0 aromatic heterocycles. The number of piperidine rings is 1. The van der Waals surface area contributed by atoms with Crippen molar-refractivity contribution in [2.24, 2.45) is 5.92 Å². The van der Waals surface area contributed by atoms with Gasteiger partial charge in [-0.05, 0) is 57.8 Å². The Bertz CT molecular complexity index is 291. The van der Waals surface area contributed by atoms with E-state index in [0.29, 0.717) is 13.1 Å². The monoisotopic (exact) mass is 319 g/mol. The molecule has 0 aromatic rings. The lowest BCUT2D eigenvalue weighted by atomic mass is 9.97. The highest BCUT2D eigenvalue weighted by Crippen LogP contribution is 2.16. The number of ether oxygens (including phenoxy) is 1. The van der Waals surface area contributed by atoms with Gasteiger partial charge >= 0.3 is 0 Å². The molecule has 0 radical (unpaired) electrons. The number of amides is 1. The van der Waals surface area contributed by atoms with E-state index in [1.807, 2.05) is 0 Å². The molecule has 2 aliphatic rings. The molecule has 1 unspecified atom stereocenters.